The molecule has 0 atom stereocenters. The number of carbonyl (C=O) groups excluding carboxylic acids is 1. The average molecular weight is 262 g/mol. The van der Waals surface area contributed by atoms with Crippen LogP contribution in [-0.4, -0.2) is 37.6 Å². The highest BCUT2D eigenvalue weighted by Gasteiger charge is 2.19. The van der Waals surface area contributed by atoms with Crippen molar-refractivity contribution in [3.63, 3.8) is 0 Å². The molecule has 104 valence electrons. The fourth-order valence-corrected chi connectivity index (χ4v) is 1.73. The first kappa shape index (κ1) is 13.9. The number of benzene rings is 1. The van der Waals surface area contributed by atoms with Crippen LogP contribution in [-0.2, 0) is 11.3 Å². The third kappa shape index (κ3) is 4.91. The maximum atomic E-state index is 11.4. The molecule has 0 aromatic heterocycles. The van der Waals surface area contributed by atoms with Crippen molar-refractivity contribution in [1.82, 2.24) is 10.2 Å². The van der Waals surface area contributed by atoms with Crippen molar-refractivity contribution < 1.29 is 9.53 Å². The molecule has 19 heavy (non-hydrogen) atoms. The van der Waals surface area contributed by atoms with Crippen LogP contribution >= 0.6 is 0 Å². The van der Waals surface area contributed by atoms with Gasteiger partial charge in [-0.05, 0) is 30.5 Å². The molecule has 0 radical (unpaired) electrons. The van der Waals surface area contributed by atoms with Gasteiger partial charge in [0.1, 0.15) is 5.75 Å². The van der Waals surface area contributed by atoms with Crippen molar-refractivity contribution in [3.8, 4) is 5.75 Å². The van der Waals surface area contributed by atoms with Crippen molar-refractivity contribution in [2.24, 2.45) is 0 Å². The van der Waals surface area contributed by atoms with Crippen LogP contribution in [0.25, 0.3) is 0 Å². The van der Waals surface area contributed by atoms with Gasteiger partial charge in [0.25, 0.3) is 0 Å². The maximum Gasteiger partial charge on any atom is 0.225 e. The van der Waals surface area contributed by atoms with E-state index in [0.29, 0.717) is 13.0 Å². The number of nitrogens with one attached hydrogen (secondary N) is 1. The Labute approximate surface area is 114 Å². The Hall–Kier alpha value is -1.55. The normalized spacial score (nSPS) is 14.2. The van der Waals surface area contributed by atoms with Gasteiger partial charge in [0, 0.05) is 26.7 Å². The van der Waals surface area contributed by atoms with Crippen molar-refractivity contribution in [2.75, 3.05) is 20.7 Å². The zero-order valence-corrected chi connectivity index (χ0v) is 11.7. The molecule has 4 heteroatoms. The molecule has 1 aliphatic carbocycles. The highest BCUT2D eigenvalue weighted by atomic mass is 16.5. The first-order chi connectivity index (χ1) is 9.15. The number of ether oxygens (including phenoxy) is 1. The van der Waals surface area contributed by atoms with E-state index in [1.807, 2.05) is 12.1 Å². The SMILES string of the molecule is CN(C)C(=O)CCOc1ccc(CNC2CC2)cc1. The molecular formula is C15H22N2O2. The lowest BCUT2D eigenvalue weighted by atomic mass is 10.2. The number of amides is 1. The first-order valence-electron chi connectivity index (χ1n) is 6.80. The van der Waals surface area contributed by atoms with Crippen LogP contribution < -0.4 is 10.1 Å². The zero-order chi connectivity index (χ0) is 13.7. The van der Waals surface area contributed by atoms with Crippen LogP contribution in [0.5, 0.6) is 5.75 Å². The molecule has 2 rings (SSSR count). The fraction of sp³-hybridized carbons (Fsp3) is 0.533. The van der Waals surface area contributed by atoms with Crippen LogP contribution in [0.2, 0.25) is 0 Å². The largest absolute Gasteiger partial charge is 0.493 e. The van der Waals surface area contributed by atoms with Gasteiger partial charge in [-0.25, -0.2) is 0 Å². The summed E-state index contributed by atoms with van der Waals surface area (Å²) in [7, 11) is 3.51. The van der Waals surface area contributed by atoms with E-state index in [9.17, 15) is 4.79 Å². The second-order valence-corrected chi connectivity index (χ2v) is 5.19. The van der Waals surface area contributed by atoms with Gasteiger partial charge < -0.3 is 15.0 Å². The summed E-state index contributed by atoms with van der Waals surface area (Å²) in [5.74, 6) is 0.909. The highest BCUT2D eigenvalue weighted by molar-refractivity contribution is 5.75. The number of rotatable bonds is 7. The summed E-state index contributed by atoms with van der Waals surface area (Å²) in [5, 5.41) is 3.47. The summed E-state index contributed by atoms with van der Waals surface area (Å²) in [4.78, 5) is 13.0. The summed E-state index contributed by atoms with van der Waals surface area (Å²) < 4.78 is 5.55. The van der Waals surface area contributed by atoms with Crippen molar-refractivity contribution in [2.45, 2.75) is 31.8 Å². The van der Waals surface area contributed by atoms with Crippen molar-refractivity contribution >= 4 is 5.91 Å². The van der Waals surface area contributed by atoms with Gasteiger partial charge in [0.05, 0.1) is 13.0 Å². The van der Waals surface area contributed by atoms with Gasteiger partial charge >= 0.3 is 0 Å². The fourth-order valence-electron chi connectivity index (χ4n) is 1.73. The van der Waals surface area contributed by atoms with Gasteiger partial charge in [-0.1, -0.05) is 12.1 Å². The van der Waals surface area contributed by atoms with E-state index >= 15 is 0 Å². The highest BCUT2D eigenvalue weighted by Crippen LogP contribution is 2.19. The van der Waals surface area contributed by atoms with Gasteiger partial charge in [-0.15, -0.1) is 0 Å². The number of hydrogen-bond donors (Lipinski definition) is 1. The molecule has 1 amide bonds. The Balaban J connectivity index is 1.70. The second-order valence-electron chi connectivity index (χ2n) is 5.19. The molecule has 0 saturated heterocycles. The Morgan fingerprint density at radius 2 is 2.00 bits per heavy atom. The maximum absolute atomic E-state index is 11.4. The molecule has 4 nitrogen and oxygen atoms in total. The molecule has 1 aromatic rings. The summed E-state index contributed by atoms with van der Waals surface area (Å²) in [6.45, 7) is 1.35. The molecule has 0 bridgehead atoms. The molecule has 1 N–H and O–H groups in total. The van der Waals surface area contributed by atoms with Gasteiger partial charge in [-0.3, -0.25) is 4.79 Å². The minimum absolute atomic E-state index is 0.0882. The second kappa shape index (κ2) is 6.57. The topological polar surface area (TPSA) is 41.6 Å². The van der Waals surface area contributed by atoms with E-state index in [4.69, 9.17) is 4.74 Å². The zero-order valence-electron chi connectivity index (χ0n) is 11.7. The van der Waals surface area contributed by atoms with Crippen LogP contribution in [0.1, 0.15) is 24.8 Å². The predicted molar refractivity (Wildman–Crippen MR) is 75.1 cm³/mol. The number of hydrogen-bond acceptors (Lipinski definition) is 3. The van der Waals surface area contributed by atoms with E-state index in [1.165, 1.54) is 18.4 Å². The standard InChI is InChI=1S/C15H22N2O2/c1-17(2)15(18)9-10-19-14-7-3-12(4-8-14)11-16-13-5-6-13/h3-4,7-8,13,16H,5-6,9-11H2,1-2H3. The third-order valence-electron chi connectivity index (χ3n) is 3.18. The van der Waals surface area contributed by atoms with Gasteiger partial charge in [0.2, 0.25) is 5.91 Å². The minimum atomic E-state index is 0.0882. The van der Waals surface area contributed by atoms with E-state index in [-0.39, 0.29) is 5.91 Å². The monoisotopic (exact) mass is 262 g/mol. The molecular weight excluding hydrogens is 240 g/mol. The van der Waals surface area contributed by atoms with E-state index in [1.54, 1.807) is 19.0 Å². The smallest absolute Gasteiger partial charge is 0.225 e. The molecule has 0 unspecified atom stereocenters. The molecule has 1 aliphatic rings. The Kier molecular flexibility index (Phi) is 4.80. The Morgan fingerprint density at radius 3 is 2.58 bits per heavy atom. The predicted octanol–water partition coefficient (Wildman–Crippen LogP) is 1.80. The van der Waals surface area contributed by atoms with Crippen molar-refractivity contribution in [1.29, 1.82) is 0 Å². The average Bonchev–Trinajstić information content (AvgIpc) is 3.21. The molecule has 0 heterocycles. The molecule has 0 spiro atoms. The lowest BCUT2D eigenvalue weighted by molar-refractivity contribution is -0.129. The van der Waals surface area contributed by atoms with Crippen LogP contribution in [0.3, 0.4) is 0 Å². The summed E-state index contributed by atoms with van der Waals surface area (Å²) in [5.41, 5.74) is 1.27. The number of carbonyl (C=O) groups is 1. The first-order valence-corrected chi connectivity index (χ1v) is 6.80. The summed E-state index contributed by atoms with van der Waals surface area (Å²) in [6, 6.07) is 8.79. The molecule has 1 fully saturated rings. The van der Waals surface area contributed by atoms with Crippen LogP contribution in [0, 0.1) is 0 Å². The number of nitrogens with zero attached hydrogens (tertiary/aromatic N) is 1. The van der Waals surface area contributed by atoms with E-state index in [2.05, 4.69) is 17.4 Å². The Bertz CT molecular complexity index is 411. The summed E-state index contributed by atoms with van der Waals surface area (Å²) in [6.07, 6.45) is 3.03. The molecule has 1 saturated carbocycles. The molecule has 1 aromatic carbocycles. The third-order valence-corrected chi connectivity index (χ3v) is 3.18. The molecule has 0 aliphatic heterocycles. The minimum Gasteiger partial charge on any atom is -0.493 e. The lowest BCUT2D eigenvalue weighted by Crippen LogP contribution is -2.23. The van der Waals surface area contributed by atoms with Gasteiger partial charge in [-0.2, -0.15) is 0 Å². The van der Waals surface area contributed by atoms with Gasteiger partial charge in [0.15, 0.2) is 0 Å². The Morgan fingerprint density at radius 1 is 1.32 bits per heavy atom. The lowest BCUT2D eigenvalue weighted by Gasteiger charge is -2.11. The van der Waals surface area contributed by atoms with Crippen molar-refractivity contribution in [3.05, 3.63) is 29.8 Å². The van der Waals surface area contributed by atoms with Crippen LogP contribution in [0.4, 0.5) is 0 Å². The van der Waals surface area contributed by atoms with E-state index < -0.39 is 0 Å². The summed E-state index contributed by atoms with van der Waals surface area (Å²) >= 11 is 0. The van der Waals surface area contributed by atoms with E-state index in [0.717, 1.165) is 18.3 Å². The van der Waals surface area contributed by atoms with Crippen LogP contribution in [0.15, 0.2) is 24.3 Å². The quantitative estimate of drug-likeness (QED) is 0.814.